The highest BCUT2D eigenvalue weighted by atomic mass is 16.6. The van der Waals surface area contributed by atoms with Crippen LogP contribution in [0.5, 0.6) is 0 Å². The molecule has 0 bridgehead atoms. The minimum Gasteiger partial charge on any atom is -0.444 e. The normalized spacial score (nSPS) is 23.3. The third kappa shape index (κ3) is 8.29. The second kappa shape index (κ2) is 11.5. The number of ether oxygens (including phenoxy) is 1. The Labute approximate surface area is 191 Å². The zero-order valence-corrected chi connectivity index (χ0v) is 20.7. The number of amides is 4. The van der Waals surface area contributed by atoms with Crippen LogP contribution in [-0.2, 0) is 19.1 Å². The summed E-state index contributed by atoms with van der Waals surface area (Å²) in [5.74, 6) is -1.50. The van der Waals surface area contributed by atoms with E-state index in [0.29, 0.717) is 25.9 Å². The predicted molar refractivity (Wildman–Crippen MR) is 122 cm³/mol. The van der Waals surface area contributed by atoms with Gasteiger partial charge in [-0.25, -0.2) is 4.79 Å². The number of hydrogen-bond donors (Lipinski definition) is 5. The molecular formula is C22H41N5O5. The van der Waals surface area contributed by atoms with Crippen LogP contribution in [0, 0.1) is 5.92 Å². The van der Waals surface area contributed by atoms with E-state index in [0.717, 1.165) is 0 Å². The van der Waals surface area contributed by atoms with Gasteiger partial charge < -0.3 is 31.3 Å². The smallest absolute Gasteiger partial charge is 0.408 e. The molecule has 0 radical (unpaired) electrons. The molecule has 5 N–H and O–H groups in total. The van der Waals surface area contributed by atoms with Crippen molar-refractivity contribution in [3.8, 4) is 0 Å². The number of nitrogens with one attached hydrogen (secondary N) is 5. The Bertz CT molecular complexity index is 691. The van der Waals surface area contributed by atoms with Gasteiger partial charge in [-0.1, -0.05) is 6.92 Å². The summed E-state index contributed by atoms with van der Waals surface area (Å²) in [5.41, 5.74) is -1.95. The third-order valence-corrected chi connectivity index (χ3v) is 5.27. The third-order valence-electron chi connectivity index (χ3n) is 5.27. The molecule has 1 saturated heterocycles. The first-order chi connectivity index (χ1) is 14.7. The van der Waals surface area contributed by atoms with Gasteiger partial charge in [-0.15, -0.1) is 0 Å². The van der Waals surface area contributed by atoms with Gasteiger partial charge in [-0.05, 0) is 67.9 Å². The molecule has 4 atom stereocenters. The standard InChI is InChI=1S/C22H41N5O5/c1-13(2)24-17(28)15(4)25-18(29)16(5)26-19(30)22(10-9-11-23-12-14(22)3)27-20(31)32-21(6,7)8/h13-16,23H,9-12H2,1-8H3,(H,24,28)(H,25,29)(H,26,30)(H,27,31)/t14-,15+,16+,22+/m1/s1. The minimum atomic E-state index is -1.24. The summed E-state index contributed by atoms with van der Waals surface area (Å²) < 4.78 is 5.39. The van der Waals surface area contributed by atoms with Crippen LogP contribution in [0.15, 0.2) is 0 Å². The van der Waals surface area contributed by atoms with Crippen molar-refractivity contribution < 1.29 is 23.9 Å². The van der Waals surface area contributed by atoms with Gasteiger partial charge in [0.05, 0.1) is 0 Å². The van der Waals surface area contributed by atoms with Gasteiger partial charge in [0.2, 0.25) is 17.7 Å². The van der Waals surface area contributed by atoms with Crippen molar-refractivity contribution >= 4 is 23.8 Å². The molecule has 32 heavy (non-hydrogen) atoms. The molecule has 10 nitrogen and oxygen atoms in total. The Balaban J connectivity index is 2.94. The molecule has 1 rings (SSSR count). The number of rotatable bonds is 7. The lowest BCUT2D eigenvalue weighted by atomic mass is 9.80. The Morgan fingerprint density at radius 3 is 2.09 bits per heavy atom. The summed E-state index contributed by atoms with van der Waals surface area (Å²) in [6, 6.07) is -1.71. The molecule has 0 spiro atoms. The molecule has 0 aromatic carbocycles. The van der Waals surface area contributed by atoms with E-state index in [2.05, 4.69) is 26.6 Å². The average Bonchev–Trinajstić information content (AvgIpc) is 2.81. The molecule has 0 aromatic rings. The van der Waals surface area contributed by atoms with Crippen molar-refractivity contribution in [2.75, 3.05) is 13.1 Å². The van der Waals surface area contributed by atoms with E-state index in [9.17, 15) is 19.2 Å². The van der Waals surface area contributed by atoms with Gasteiger partial charge in [0, 0.05) is 18.5 Å². The van der Waals surface area contributed by atoms with E-state index < -0.39 is 41.1 Å². The quantitative estimate of drug-likeness (QED) is 0.385. The second-order valence-electron chi connectivity index (χ2n) is 9.90. The van der Waals surface area contributed by atoms with E-state index in [1.807, 2.05) is 20.8 Å². The molecular weight excluding hydrogens is 414 g/mol. The molecule has 4 amide bonds. The van der Waals surface area contributed by atoms with Crippen LogP contribution < -0.4 is 26.6 Å². The number of hydrogen-bond acceptors (Lipinski definition) is 6. The zero-order chi connectivity index (χ0) is 24.7. The summed E-state index contributed by atoms with van der Waals surface area (Å²) in [6.07, 6.45) is 0.381. The predicted octanol–water partition coefficient (Wildman–Crippen LogP) is 0.803. The summed E-state index contributed by atoms with van der Waals surface area (Å²) in [4.78, 5) is 50.6. The number of carbonyl (C=O) groups excluding carboxylic acids is 4. The molecule has 0 aromatic heterocycles. The van der Waals surface area contributed by atoms with Gasteiger partial charge in [-0.3, -0.25) is 14.4 Å². The van der Waals surface area contributed by atoms with E-state index in [1.54, 1.807) is 34.6 Å². The zero-order valence-electron chi connectivity index (χ0n) is 20.7. The van der Waals surface area contributed by atoms with Gasteiger partial charge in [0.1, 0.15) is 23.2 Å². The lowest BCUT2D eigenvalue weighted by molar-refractivity contribution is -0.135. The van der Waals surface area contributed by atoms with Crippen LogP contribution in [0.3, 0.4) is 0 Å². The van der Waals surface area contributed by atoms with Crippen molar-refractivity contribution in [1.82, 2.24) is 26.6 Å². The number of carbonyl (C=O) groups is 4. The monoisotopic (exact) mass is 455 g/mol. The van der Waals surface area contributed by atoms with Crippen LogP contribution in [0.25, 0.3) is 0 Å². The maximum atomic E-state index is 13.4. The van der Waals surface area contributed by atoms with Crippen molar-refractivity contribution in [2.24, 2.45) is 5.92 Å². The van der Waals surface area contributed by atoms with Crippen LogP contribution >= 0.6 is 0 Å². The van der Waals surface area contributed by atoms with Gasteiger partial charge >= 0.3 is 6.09 Å². The number of alkyl carbamates (subject to hydrolysis) is 1. The largest absolute Gasteiger partial charge is 0.444 e. The minimum absolute atomic E-state index is 0.0527. The fourth-order valence-electron chi connectivity index (χ4n) is 3.50. The van der Waals surface area contributed by atoms with Crippen LogP contribution in [0.2, 0.25) is 0 Å². The molecule has 0 aliphatic carbocycles. The molecule has 0 saturated carbocycles. The van der Waals surface area contributed by atoms with E-state index in [1.165, 1.54) is 0 Å². The Morgan fingerprint density at radius 2 is 1.53 bits per heavy atom. The highest BCUT2D eigenvalue weighted by molar-refractivity contribution is 5.95. The van der Waals surface area contributed by atoms with Crippen LogP contribution in [0.1, 0.15) is 68.2 Å². The van der Waals surface area contributed by atoms with E-state index in [-0.39, 0.29) is 17.9 Å². The maximum Gasteiger partial charge on any atom is 0.408 e. The van der Waals surface area contributed by atoms with E-state index >= 15 is 0 Å². The maximum absolute atomic E-state index is 13.4. The average molecular weight is 456 g/mol. The Kier molecular flexibility index (Phi) is 9.94. The summed E-state index contributed by atoms with van der Waals surface area (Å²) in [6.45, 7) is 15.1. The van der Waals surface area contributed by atoms with Gasteiger partial charge in [0.15, 0.2) is 0 Å². The van der Waals surface area contributed by atoms with Crippen molar-refractivity contribution in [1.29, 1.82) is 0 Å². The first kappa shape index (κ1) is 27.7. The molecule has 1 heterocycles. The molecule has 0 unspecified atom stereocenters. The second-order valence-corrected chi connectivity index (χ2v) is 9.90. The van der Waals surface area contributed by atoms with Crippen LogP contribution in [-0.4, -0.2) is 66.2 Å². The summed E-state index contributed by atoms with van der Waals surface area (Å²) >= 11 is 0. The van der Waals surface area contributed by atoms with E-state index in [4.69, 9.17) is 4.74 Å². The first-order valence-electron chi connectivity index (χ1n) is 11.3. The summed E-state index contributed by atoms with van der Waals surface area (Å²) in [5, 5.41) is 14.1. The van der Waals surface area contributed by atoms with Crippen molar-refractivity contribution in [2.45, 2.75) is 97.5 Å². The van der Waals surface area contributed by atoms with Crippen LogP contribution in [0.4, 0.5) is 4.79 Å². The lowest BCUT2D eigenvalue weighted by Gasteiger charge is -2.38. The topological polar surface area (TPSA) is 138 Å². The first-order valence-corrected chi connectivity index (χ1v) is 11.3. The molecule has 1 fully saturated rings. The molecule has 1 aliphatic rings. The molecule has 10 heteroatoms. The van der Waals surface area contributed by atoms with Crippen molar-refractivity contribution in [3.05, 3.63) is 0 Å². The Morgan fingerprint density at radius 1 is 0.969 bits per heavy atom. The Hall–Kier alpha value is -2.36. The van der Waals surface area contributed by atoms with Gasteiger partial charge in [-0.2, -0.15) is 0 Å². The molecule has 184 valence electrons. The molecule has 1 aliphatic heterocycles. The highest BCUT2D eigenvalue weighted by Crippen LogP contribution is 2.27. The highest BCUT2D eigenvalue weighted by Gasteiger charge is 2.46. The summed E-state index contributed by atoms with van der Waals surface area (Å²) in [7, 11) is 0. The van der Waals surface area contributed by atoms with Gasteiger partial charge in [0.25, 0.3) is 0 Å². The lowest BCUT2D eigenvalue weighted by Crippen LogP contribution is -2.65. The fraction of sp³-hybridized carbons (Fsp3) is 0.818. The SMILES string of the molecule is CC(C)NC(=O)[C@H](C)NC(=O)[C@H](C)NC(=O)[C@]1(NC(=O)OC(C)(C)C)CCCNC[C@H]1C. The van der Waals surface area contributed by atoms with Crippen molar-refractivity contribution in [3.63, 3.8) is 0 Å². The fourth-order valence-corrected chi connectivity index (χ4v) is 3.50.